The first-order valence-electron chi connectivity index (χ1n) is 9.23. The SMILES string of the molecule is Cc1onc(-c2ccccc2Cl)c1C(=O)Nc1cnc(N2CCCCC2)nc1. The van der Waals surface area contributed by atoms with E-state index in [-0.39, 0.29) is 5.91 Å². The van der Waals surface area contributed by atoms with Gasteiger partial charge in [0.1, 0.15) is 17.0 Å². The lowest BCUT2D eigenvalue weighted by Gasteiger charge is -2.26. The third-order valence-corrected chi connectivity index (χ3v) is 5.08. The van der Waals surface area contributed by atoms with Gasteiger partial charge in [-0.3, -0.25) is 4.79 Å². The minimum atomic E-state index is -0.344. The molecule has 0 bridgehead atoms. The number of rotatable bonds is 4. The van der Waals surface area contributed by atoms with Crippen LogP contribution in [0.15, 0.2) is 41.2 Å². The molecule has 1 aliphatic heterocycles. The number of carbonyl (C=O) groups is 1. The van der Waals surface area contributed by atoms with E-state index in [2.05, 4.69) is 25.3 Å². The first-order chi connectivity index (χ1) is 13.6. The number of piperidine rings is 1. The van der Waals surface area contributed by atoms with Crippen LogP contribution in [0.4, 0.5) is 11.6 Å². The minimum Gasteiger partial charge on any atom is -0.360 e. The van der Waals surface area contributed by atoms with Gasteiger partial charge in [-0.15, -0.1) is 0 Å². The molecule has 1 saturated heterocycles. The monoisotopic (exact) mass is 397 g/mol. The Morgan fingerprint density at radius 2 is 1.86 bits per heavy atom. The van der Waals surface area contributed by atoms with Gasteiger partial charge in [0.05, 0.1) is 23.1 Å². The summed E-state index contributed by atoms with van der Waals surface area (Å²) < 4.78 is 5.25. The average Bonchev–Trinajstić information content (AvgIpc) is 3.11. The number of hydrogen-bond acceptors (Lipinski definition) is 6. The summed E-state index contributed by atoms with van der Waals surface area (Å²) in [6.45, 7) is 3.62. The molecule has 1 aliphatic rings. The number of benzene rings is 1. The zero-order valence-electron chi connectivity index (χ0n) is 15.5. The molecule has 3 aromatic rings. The summed E-state index contributed by atoms with van der Waals surface area (Å²) in [5.41, 5.74) is 1.90. The van der Waals surface area contributed by atoms with Gasteiger partial charge in [0.25, 0.3) is 5.91 Å². The van der Waals surface area contributed by atoms with Crippen LogP contribution in [-0.4, -0.2) is 34.1 Å². The standard InChI is InChI=1S/C20H20ClN5O2/c1-13-17(18(25-28-13)15-7-3-4-8-16(15)21)19(27)24-14-11-22-20(23-12-14)26-9-5-2-6-10-26/h3-4,7-8,11-12H,2,5-6,9-10H2,1H3,(H,24,27). The van der Waals surface area contributed by atoms with E-state index in [4.69, 9.17) is 16.1 Å². The first-order valence-corrected chi connectivity index (χ1v) is 9.61. The number of nitrogens with one attached hydrogen (secondary N) is 1. The lowest BCUT2D eigenvalue weighted by Crippen LogP contribution is -2.30. The van der Waals surface area contributed by atoms with Crippen LogP contribution in [0.25, 0.3) is 11.3 Å². The van der Waals surface area contributed by atoms with Crippen LogP contribution in [-0.2, 0) is 0 Å². The van der Waals surface area contributed by atoms with Gasteiger partial charge in [0.2, 0.25) is 5.95 Å². The van der Waals surface area contributed by atoms with E-state index in [1.807, 2.05) is 12.1 Å². The normalized spacial score (nSPS) is 14.1. The summed E-state index contributed by atoms with van der Waals surface area (Å²) >= 11 is 6.26. The zero-order chi connectivity index (χ0) is 19.5. The van der Waals surface area contributed by atoms with Gasteiger partial charge in [0, 0.05) is 18.7 Å². The second kappa shape index (κ2) is 7.98. The number of amides is 1. The molecule has 1 aromatic carbocycles. The Morgan fingerprint density at radius 1 is 1.14 bits per heavy atom. The van der Waals surface area contributed by atoms with Crippen molar-refractivity contribution in [2.24, 2.45) is 0 Å². The first kappa shape index (κ1) is 18.4. The van der Waals surface area contributed by atoms with Crippen molar-refractivity contribution in [1.29, 1.82) is 0 Å². The van der Waals surface area contributed by atoms with E-state index in [9.17, 15) is 4.79 Å². The molecule has 0 spiro atoms. The van der Waals surface area contributed by atoms with E-state index < -0.39 is 0 Å². The number of aryl methyl sites for hydroxylation is 1. The Hall–Kier alpha value is -2.93. The van der Waals surface area contributed by atoms with Crippen LogP contribution < -0.4 is 10.2 Å². The van der Waals surface area contributed by atoms with Gasteiger partial charge in [-0.05, 0) is 32.3 Å². The fourth-order valence-corrected chi connectivity index (χ4v) is 3.54. The Kier molecular flexibility index (Phi) is 5.25. The Balaban J connectivity index is 1.54. The van der Waals surface area contributed by atoms with Gasteiger partial charge in [0.15, 0.2) is 0 Å². The molecule has 0 aliphatic carbocycles. The summed E-state index contributed by atoms with van der Waals surface area (Å²) in [5, 5.41) is 7.35. The Labute approximate surface area is 167 Å². The topological polar surface area (TPSA) is 84.2 Å². The maximum Gasteiger partial charge on any atom is 0.261 e. The molecular formula is C20H20ClN5O2. The average molecular weight is 398 g/mol. The number of carbonyl (C=O) groups excluding carboxylic acids is 1. The molecule has 4 rings (SSSR count). The Morgan fingerprint density at radius 3 is 2.57 bits per heavy atom. The Bertz CT molecular complexity index is 981. The zero-order valence-corrected chi connectivity index (χ0v) is 16.2. The fourth-order valence-electron chi connectivity index (χ4n) is 3.31. The highest BCUT2D eigenvalue weighted by Crippen LogP contribution is 2.31. The summed E-state index contributed by atoms with van der Waals surface area (Å²) in [6.07, 6.45) is 6.79. The number of hydrogen-bond donors (Lipinski definition) is 1. The predicted octanol–water partition coefficient (Wildman–Crippen LogP) is 4.34. The van der Waals surface area contributed by atoms with Crippen molar-refractivity contribution in [2.45, 2.75) is 26.2 Å². The van der Waals surface area contributed by atoms with E-state index in [0.717, 1.165) is 25.9 Å². The van der Waals surface area contributed by atoms with Gasteiger partial charge in [-0.25, -0.2) is 9.97 Å². The molecule has 1 amide bonds. The van der Waals surface area contributed by atoms with Crippen molar-refractivity contribution < 1.29 is 9.32 Å². The van der Waals surface area contributed by atoms with Crippen molar-refractivity contribution in [2.75, 3.05) is 23.3 Å². The number of aromatic nitrogens is 3. The van der Waals surface area contributed by atoms with Crippen molar-refractivity contribution in [1.82, 2.24) is 15.1 Å². The van der Waals surface area contributed by atoms with Crippen LogP contribution in [0.3, 0.4) is 0 Å². The largest absolute Gasteiger partial charge is 0.360 e. The summed E-state index contributed by atoms with van der Waals surface area (Å²) in [5.74, 6) is 0.761. The lowest BCUT2D eigenvalue weighted by atomic mass is 10.1. The van der Waals surface area contributed by atoms with Crippen molar-refractivity contribution in [3.63, 3.8) is 0 Å². The fraction of sp³-hybridized carbons (Fsp3) is 0.300. The van der Waals surface area contributed by atoms with E-state index in [1.54, 1.807) is 31.5 Å². The second-order valence-corrected chi connectivity index (χ2v) is 7.12. The van der Waals surface area contributed by atoms with Crippen LogP contribution >= 0.6 is 11.6 Å². The molecule has 144 valence electrons. The number of nitrogens with zero attached hydrogens (tertiary/aromatic N) is 4. The van der Waals surface area contributed by atoms with Crippen LogP contribution in [0, 0.1) is 6.92 Å². The highest BCUT2D eigenvalue weighted by molar-refractivity contribution is 6.33. The van der Waals surface area contributed by atoms with Crippen molar-refractivity contribution >= 4 is 29.1 Å². The van der Waals surface area contributed by atoms with Crippen LogP contribution in [0.2, 0.25) is 5.02 Å². The van der Waals surface area contributed by atoms with Crippen LogP contribution in [0.1, 0.15) is 35.4 Å². The summed E-state index contributed by atoms with van der Waals surface area (Å²) in [4.78, 5) is 23.8. The van der Waals surface area contributed by atoms with Gasteiger partial charge in [-0.1, -0.05) is 35.0 Å². The quantitative estimate of drug-likeness (QED) is 0.705. The van der Waals surface area contributed by atoms with E-state index in [1.165, 1.54) is 6.42 Å². The molecule has 0 radical (unpaired) electrons. The third-order valence-electron chi connectivity index (χ3n) is 4.75. The number of halogens is 1. The highest BCUT2D eigenvalue weighted by Gasteiger charge is 2.23. The smallest absolute Gasteiger partial charge is 0.261 e. The maximum absolute atomic E-state index is 12.9. The molecule has 1 N–H and O–H groups in total. The highest BCUT2D eigenvalue weighted by atomic mass is 35.5. The predicted molar refractivity (Wildman–Crippen MR) is 108 cm³/mol. The molecule has 1 fully saturated rings. The molecule has 0 unspecified atom stereocenters. The molecule has 8 heteroatoms. The lowest BCUT2D eigenvalue weighted by molar-refractivity contribution is 0.102. The van der Waals surface area contributed by atoms with Gasteiger partial charge in [-0.2, -0.15) is 0 Å². The second-order valence-electron chi connectivity index (χ2n) is 6.72. The number of anilines is 2. The van der Waals surface area contributed by atoms with Crippen molar-refractivity contribution in [3.8, 4) is 11.3 Å². The molecule has 0 saturated carbocycles. The molecule has 2 aromatic heterocycles. The summed E-state index contributed by atoms with van der Waals surface area (Å²) in [6, 6.07) is 7.20. The third kappa shape index (κ3) is 3.71. The van der Waals surface area contributed by atoms with Crippen molar-refractivity contribution in [3.05, 3.63) is 53.0 Å². The molecule has 3 heterocycles. The molecule has 0 atom stereocenters. The molecule has 7 nitrogen and oxygen atoms in total. The molecule has 28 heavy (non-hydrogen) atoms. The minimum absolute atomic E-state index is 0.341. The summed E-state index contributed by atoms with van der Waals surface area (Å²) in [7, 11) is 0. The van der Waals surface area contributed by atoms with E-state index in [0.29, 0.717) is 39.2 Å². The maximum atomic E-state index is 12.9. The van der Waals surface area contributed by atoms with E-state index >= 15 is 0 Å². The molecular weight excluding hydrogens is 378 g/mol. The van der Waals surface area contributed by atoms with Gasteiger partial charge >= 0.3 is 0 Å². The van der Waals surface area contributed by atoms with Crippen LogP contribution in [0.5, 0.6) is 0 Å². The van der Waals surface area contributed by atoms with Gasteiger partial charge < -0.3 is 14.7 Å².